The molecule has 0 aliphatic heterocycles. The fraction of sp³-hybridized carbons (Fsp3) is 0.368. The van der Waals surface area contributed by atoms with Crippen LogP contribution in [0, 0.1) is 0 Å². The quantitative estimate of drug-likeness (QED) is 0.631. The lowest BCUT2D eigenvalue weighted by Crippen LogP contribution is -2.23. The van der Waals surface area contributed by atoms with Crippen LogP contribution in [0.2, 0.25) is 0 Å². The summed E-state index contributed by atoms with van der Waals surface area (Å²) in [7, 11) is 1.65. The number of nitrogens with zero attached hydrogens (tertiary/aromatic N) is 4. The fourth-order valence-corrected chi connectivity index (χ4v) is 2.80. The second-order valence-electron chi connectivity index (χ2n) is 6.60. The summed E-state index contributed by atoms with van der Waals surface area (Å²) < 4.78 is 47.2. The Bertz CT molecular complexity index is 1120. The molecule has 0 unspecified atom stereocenters. The van der Waals surface area contributed by atoms with E-state index in [0.29, 0.717) is 24.1 Å². The van der Waals surface area contributed by atoms with Crippen molar-refractivity contribution in [2.45, 2.75) is 32.5 Å². The van der Waals surface area contributed by atoms with Crippen molar-refractivity contribution in [2.75, 3.05) is 11.9 Å². The third-order valence-electron chi connectivity index (χ3n) is 4.34. The molecule has 0 atom stereocenters. The van der Waals surface area contributed by atoms with Gasteiger partial charge in [-0.15, -0.1) is 0 Å². The van der Waals surface area contributed by atoms with Gasteiger partial charge in [-0.3, -0.25) is 18.8 Å². The fourth-order valence-electron chi connectivity index (χ4n) is 2.80. The molecule has 0 saturated carbocycles. The maximum atomic E-state index is 13.0. The molecule has 0 radical (unpaired) electrons. The number of nitrogens with one attached hydrogen (secondary N) is 1. The monoisotopic (exact) mass is 423 g/mol. The summed E-state index contributed by atoms with van der Waals surface area (Å²) in [6.07, 6.45) is -1.35. The highest BCUT2D eigenvalue weighted by atomic mass is 19.4. The second-order valence-corrected chi connectivity index (χ2v) is 6.60. The predicted molar refractivity (Wildman–Crippen MR) is 103 cm³/mol. The van der Waals surface area contributed by atoms with Crippen LogP contribution < -0.4 is 15.6 Å². The number of anilines is 1. The predicted octanol–water partition coefficient (Wildman–Crippen LogP) is 2.97. The van der Waals surface area contributed by atoms with Gasteiger partial charge in [-0.25, -0.2) is 4.98 Å². The minimum Gasteiger partial charge on any atom is -0.491 e. The van der Waals surface area contributed by atoms with Crippen LogP contribution in [-0.4, -0.2) is 31.8 Å². The molecule has 2 heterocycles. The molecule has 0 fully saturated rings. The van der Waals surface area contributed by atoms with E-state index in [-0.39, 0.29) is 30.0 Å². The molecule has 1 N–H and O–H groups in total. The van der Waals surface area contributed by atoms with Gasteiger partial charge in [0.05, 0.1) is 30.4 Å². The van der Waals surface area contributed by atoms with Gasteiger partial charge < -0.3 is 10.1 Å². The zero-order valence-electron chi connectivity index (χ0n) is 16.4. The Kier molecular flexibility index (Phi) is 6.09. The van der Waals surface area contributed by atoms with Gasteiger partial charge in [-0.2, -0.15) is 18.3 Å². The summed E-state index contributed by atoms with van der Waals surface area (Å²) in [5.74, 6) is -0.414. The summed E-state index contributed by atoms with van der Waals surface area (Å²) in [4.78, 5) is 28.9. The van der Waals surface area contributed by atoms with Crippen molar-refractivity contribution in [3.63, 3.8) is 0 Å². The van der Waals surface area contributed by atoms with E-state index in [1.54, 1.807) is 7.05 Å². The van der Waals surface area contributed by atoms with Crippen molar-refractivity contribution in [1.82, 2.24) is 19.3 Å². The van der Waals surface area contributed by atoms with Crippen LogP contribution >= 0.6 is 0 Å². The van der Waals surface area contributed by atoms with Crippen LogP contribution in [0.1, 0.15) is 25.3 Å². The van der Waals surface area contributed by atoms with E-state index in [1.807, 2.05) is 6.92 Å². The number of amides is 1. The van der Waals surface area contributed by atoms with Gasteiger partial charge in [0, 0.05) is 20.0 Å². The van der Waals surface area contributed by atoms with Gasteiger partial charge in [-0.05, 0) is 24.6 Å². The van der Waals surface area contributed by atoms with Crippen LogP contribution in [0.5, 0.6) is 5.75 Å². The maximum Gasteiger partial charge on any atom is 0.416 e. The van der Waals surface area contributed by atoms with Gasteiger partial charge in [0.1, 0.15) is 11.1 Å². The van der Waals surface area contributed by atoms with Gasteiger partial charge >= 0.3 is 6.18 Å². The van der Waals surface area contributed by atoms with Crippen LogP contribution in [0.3, 0.4) is 0 Å². The van der Waals surface area contributed by atoms with E-state index in [9.17, 15) is 22.8 Å². The average molecular weight is 423 g/mol. The van der Waals surface area contributed by atoms with E-state index in [1.165, 1.54) is 27.8 Å². The van der Waals surface area contributed by atoms with Crippen LogP contribution in [0.4, 0.5) is 18.9 Å². The highest BCUT2D eigenvalue weighted by Crippen LogP contribution is 2.35. The van der Waals surface area contributed by atoms with Crippen molar-refractivity contribution in [3.8, 4) is 5.75 Å². The minimum atomic E-state index is -4.55. The zero-order chi connectivity index (χ0) is 21.9. The number of alkyl halides is 3. The molecule has 0 saturated heterocycles. The van der Waals surface area contributed by atoms with Crippen LogP contribution in [0.15, 0.2) is 35.5 Å². The lowest BCUT2D eigenvalue weighted by Gasteiger charge is -2.15. The number of carbonyl (C=O) groups is 1. The average Bonchev–Trinajstić information content (AvgIpc) is 3.07. The molecular formula is C19H20F3N5O3. The Balaban J connectivity index is 1.75. The molecular weight excluding hydrogens is 403 g/mol. The van der Waals surface area contributed by atoms with Crippen molar-refractivity contribution in [1.29, 1.82) is 0 Å². The number of rotatable bonds is 7. The molecule has 160 valence electrons. The third-order valence-corrected chi connectivity index (χ3v) is 4.34. The summed E-state index contributed by atoms with van der Waals surface area (Å²) in [5.41, 5.74) is -0.908. The van der Waals surface area contributed by atoms with E-state index in [4.69, 9.17) is 4.74 Å². The highest BCUT2D eigenvalue weighted by molar-refractivity contribution is 5.92. The molecule has 3 rings (SSSR count). The molecule has 0 bridgehead atoms. The first-order valence-corrected chi connectivity index (χ1v) is 9.21. The number of carbonyl (C=O) groups excluding carboxylic acids is 1. The molecule has 0 aliphatic rings. The van der Waals surface area contributed by atoms with Gasteiger partial charge in [-0.1, -0.05) is 6.92 Å². The lowest BCUT2D eigenvalue weighted by molar-refractivity contribution is -0.137. The summed E-state index contributed by atoms with van der Waals surface area (Å²) >= 11 is 0. The molecule has 3 aromatic rings. The van der Waals surface area contributed by atoms with E-state index in [2.05, 4.69) is 15.4 Å². The first kappa shape index (κ1) is 21.3. The molecule has 0 spiro atoms. The number of aromatic nitrogens is 4. The summed E-state index contributed by atoms with van der Waals surface area (Å²) in [5, 5.41) is 6.73. The first-order chi connectivity index (χ1) is 14.2. The number of hydrogen-bond donors (Lipinski definition) is 1. The Hall–Kier alpha value is -3.37. The van der Waals surface area contributed by atoms with Crippen molar-refractivity contribution < 1.29 is 22.7 Å². The molecule has 2 aromatic heterocycles. The maximum absolute atomic E-state index is 13.0. The molecule has 8 nitrogen and oxygen atoms in total. The Labute approximate surface area is 169 Å². The Morgan fingerprint density at radius 2 is 2.07 bits per heavy atom. The largest absolute Gasteiger partial charge is 0.491 e. The van der Waals surface area contributed by atoms with E-state index < -0.39 is 17.6 Å². The number of aryl methyl sites for hydroxylation is 2. The number of benzene rings is 1. The number of fused-ring (bicyclic) bond motifs is 1. The van der Waals surface area contributed by atoms with Crippen molar-refractivity contribution >= 4 is 22.6 Å². The SMILES string of the molecule is CCCOc1ccc(C(F)(F)F)cc1NC(=O)CCn1cnc2c(cnn2C)c1=O. The Morgan fingerprint density at radius 1 is 1.30 bits per heavy atom. The zero-order valence-corrected chi connectivity index (χ0v) is 16.4. The van der Waals surface area contributed by atoms with Gasteiger partial charge in [0.2, 0.25) is 5.91 Å². The third kappa shape index (κ3) is 4.61. The molecule has 11 heteroatoms. The molecule has 1 amide bonds. The molecule has 1 aromatic carbocycles. The van der Waals surface area contributed by atoms with Crippen molar-refractivity contribution in [2.24, 2.45) is 7.05 Å². The van der Waals surface area contributed by atoms with Crippen molar-refractivity contribution in [3.05, 3.63) is 46.6 Å². The minimum absolute atomic E-state index is 0.00656. The van der Waals surface area contributed by atoms with Gasteiger partial charge in [0.25, 0.3) is 5.56 Å². The standard InChI is InChI=1S/C19H20F3N5O3/c1-3-8-30-15-5-4-12(19(20,21)22)9-14(15)25-16(28)6-7-27-11-23-17-13(18(27)29)10-24-26(17)2/h4-5,9-11H,3,6-8H2,1-2H3,(H,25,28). The van der Waals surface area contributed by atoms with Crippen LogP contribution in [0.25, 0.3) is 11.0 Å². The number of halogens is 3. The van der Waals surface area contributed by atoms with E-state index >= 15 is 0 Å². The number of hydrogen-bond acceptors (Lipinski definition) is 5. The summed E-state index contributed by atoms with van der Waals surface area (Å²) in [6, 6.07) is 2.91. The van der Waals surface area contributed by atoms with Crippen LogP contribution in [-0.2, 0) is 24.6 Å². The smallest absolute Gasteiger partial charge is 0.416 e. The number of ether oxygens (including phenoxy) is 1. The topological polar surface area (TPSA) is 91.0 Å². The molecule has 0 aliphatic carbocycles. The summed E-state index contributed by atoms with van der Waals surface area (Å²) in [6.45, 7) is 2.15. The first-order valence-electron chi connectivity index (χ1n) is 9.21. The van der Waals surface area contributed by atoms with Gasteiger partial charge in [0.15, 0.2) is 5.65 Å². The normalized spacial score (nSPS) is 11.6. The van der Waals surface area contributed by atoms with E-state index in [0.717, 1.165) is 12.1 Å². The lowest BCUT2D eigenvalue weighted by atomic mass is 10.1. The second kappa shape index (κ2) is 8.56. The molecule has 30 heavy (non-hydrogen) atoms. The highest BCUT2D eigenvalue weighted by Gasteiger charge is 2.31. The Morgan fingerprint density at radius 3 is 2.77 bits per heavy atom.